The van der Waals surface area contributed by atoms with Crippen LogP contribution >= 0.6 is 11.6 Å². The lowest BCUT2D eigenvalue weighted by Gasteiger charge is -2.24. The number of aryl methyl sites for hydroxylation is 1. The minimum absolute atomic E-state index is 0.118. The maximum absolute atomic E-state index is 12.9. The second kappa shape index (κ2) is 7.02. The summed E-state index contributed by atoms with van der Waals surface area (Å²) in [5, 5.41) is 2.83. The number of hydrogen-bond donors (Lipinski definition) is 1. The molecular weight excluding hydrogens is 336 g/mol. The molecule has 0 unspecified atom stereocenters. The zero-order chi connectivity index (χ0) is 17.0. The first-order valence-corrected chi connectivity index (χ1v) is 8.72. The van der Waals surface area contributed by atoms with Crippen molar-refractivity contribution in [2.45, 2.75) is 11.8 Å². The standard InChI is InChI=1S/C16H17ClN2O3S/c1-12-6-8-15(9-7-12)23(21,22)19(11-16(20)18-2)14-5-3-4-13(17)10-14/h3-10H,11H2,1-2H3,(H,18,20). The summed E-state index contributed by atoms with van der Waals surface area (Å²) in [5.74, 6) is -0.416. The third kappa shape index (κ3) is 4.03. The van der Waals surface area contributed by atoms with Gasteiger partial charge in [-0.3, -0.25) is 9.10 Å². The van der Waals surface area contributed by atoms with Gasteiger partial charge < -0.3 is 5.32 Å². The Morgan fingerprint density at radius 3 is 2.39 bits per heavy atom. The van der Waals surface area contributed by atoms with Crippen LogP contribution in [0.2, 0.25) is 5.02 Å². The molecule has 2 aromatic rings. The molecule has 0 aromatic heterocycles. The van der Waals surface area contributed by atoms with Gasteiger partial charge >= 0.3 is 0 Å². The summed E-state index contributed by atoms with van der Waals surface area (Å²) in [7, 11) is -2.42. The lowest BCUT2D eigenvalue weighted by Crippen LogP contribution is -2.39. The maximum atomic E-state index is 12.9. The van der Waals surface area contributed by atoms with E-state index in [1.165, 1.54) is 25.2 Å². The number of hydrogen-bond acceptors (Lipinski definition) is 3. The molecule has 0 aliphatic carbocycles. The van der Waals surface area contributed by atoms with E-state index in [2.05, 4.69) is 5.32 Å². The summed E-state index contributed by atoms with van der Waals surface area (Å²) in [6.45, 7) is 1.54. The predicted molar refractivity (Wildman–Crippen MR) is 91.2 cm³/mol. The largest absolute Gasteiger partial charge is 0.358 e. The Kier molecular flexibility index (Phi) is 5.28. The van der Waals surface area contributed by atoms with Crippen molar-refractivity contribution in [1.82, 2.24) is 5.32 Å². The molecule has 0 spiro atoms. The van der Waals surface area contributed by atoms with Gasteiger partial charge in [-0.2, -0.15) is 0 Å². The van der Waals surface area contributed by atoms with Gasteiger partial charge in [0.05, 0.1) is 10.6 Å². The van der Waals surface area contributed by atoms with E-state index < -0.39 is 15.9 Å². The van der Waals surface area contributed by atoms with E-state index in [0.29, 0.717) is 10.7 Å². The van der Waals surface area contributed by atoms with Gasteiger partial charge in [-0.15, -0.1) is 0 Å². The van der Waals surface area contributed by atoms with E-state index in [1.807, 2.05) is 6.92 Å². The molecule has 0 heterocycles. The molecule has 0 radical (unpaired) electrons. The molecule has 0 aliphatic rings. The molecule has 0 fully saturated rings. The predicted octanol–water partition coefficient (Wildman–Crippen LogP) is 2.59. The van der Waals surface area contributed by atoms with E-state index in [-0.39, 0.29) is 11.4 Å². The van der Waals surface area contributed by atoms with Crippen molar-refractivity contribution < 1.29 is 13.2 Å². The summed E-state index contributed by atoms with van der Waals surface area (Å²) < 4.78 is 26.9. The molecule has 1 amide bonds. The number of anilines is 1. The highest BCUT2D eigenvalue weighted by Gasteiger charge is 2.26. The van der Waals surface area contributed by atoms with Crippen molar-refractivity contribution in [3.63, 3.8) is 0 Å². The fraction of sp³-hybridized carbons (Fsp3) is 0.188. The topological polar surface area (TPSA) is 66.5 Å². The van der Waals surface area contributed by atoms with E-state index in [9.17, 15) is 13.2 Å². The van der Waals surface area contributed by atoms with Crippen LogP contribution in [0.5, 0.6) is 0 Å². The molecule has 23 heavy (non-hydrogen) atoms. The highest BCUT2D eigenvalue weighted by molar-refractivity contribution is 7.92. The summed E-state index contributed by atoms with van der Waals surface area (Å²) in [6, 6.07) is 12.8. The van der Waals surface area contributed by atoms with Crippen LogP contribution in [0.15, 0.2) is 53.4 Å². The number of halogens is 1. The summed E-state index contributed by atoms with van der Waals surface area (Å²) in [5.41, 5.74) is 1.28. The zero-order valence-corrected chi connectivity index (χ0v) is 14.4. The van der Waals surface area contributed by atoms with Gasteiger partial charge in [-0.25, -0.2) is 8.42 Å². The van der Waals surface area contributed by atoms with Gasteiger partial charge in [-0.05, 0) is 37.3 Å². The minimum Gasteiger partial charge on any atom is -0.358 e. The lowest BCUT2D eigenvalue weighted by atomic mass is 10.2. The van der Waals surface area contributed by atoms with Crippen LogP contribution in [-0.4, -0.2) is 27.9 Å². The third-order valence-electron chi connectivity index (χ3n) is 3.27. The van der Waals surface area contributed by atoms with Gasteiger partial charge in [0.2, 0.25) is 5.91 Å². The Bertz CT molecular complexity index is 804. The van der Waals surface area contributed by atoms with Crippen molar-refractivity contribution in [3.8, 4) is 0 Å². The molecule has 0 aliphatic heterocycles. The molecule has 5 nitrogen and oxygen atoms in total. The number of nitrogens with zero attached hydrogens (tertiary/aromatic N) is 1. The number of nitrogens with one attached hydrogen (secondary N) is 1. The first-order chi connectivity index (χ1) is 10.8. The highest BCUT2D eigenvalue weighted by atomic mass is 35.5. The van der Waals surface area contributed by atoms with Crippen LogP contribution in [0.1, 0.15) is 5.56 Å². The fourth-order valence-electron chi connectivity index (χ4n) is 1.99. The van der Waals surface area contributed by atoms with Crippen LogP contribution in [-0.2, 0) is 14.8 Å². The number of amides is 1. The molecule has 0 saturated carbocycles. The number of rotatable bonds is 5. The highest BCUT2D eigenvalue weighted by Crippen LogP contribution is 2.26. The Labute approximate surface area is 140 Å². The minimum atomic E-state index is -3.88. The quantitative estimate of drug-likeness (QED) is 0.899. The van der Waals surface area contributed by atoms with Gasteiger partial charge in [0, 0.05) is 12.1 Å². The van der Waals surface area contributed by atoms with E-state index in [4.69, 9.17) is 11.6 Å². The number of carbonyl (C=O) groups is 1. The Morgan fingerprint density at radius 1 is 1.17 bits per heavy atom. The Morgan fingerprint density at radius 2 is 1.83 bits per heavy atom. The molecule has 1 N–H and O–H groups in total. The van der Waals surface area contributed by atoms with Crippen LogP contribution in [0.3, 0.4) is 0 Å². The number of benzene rings is 2. The molecule has 122 valence electrons. The molecule has 7 heteroatoms. The van der Waals surface area contributed by atoms with Crippen molar-refractivity contribution in [2.75, 3.05) is 17.9 Å². The van der Waals surface area contributed by atoms with Crippen molar-refractivity contribution in [3.05, 3.63) is 59.1 Å². The zero-order valence-electron chi connectivity index (χ0n) is 12.8. The SMILES string of the molecule is CNC(=O)CN(c1cccc(Cl)c1)S(=O)(=O)c1ccc(C)cc1. The average molecular weight is 353 g/mol. The van der Waals surface area contributed by atoms with Crippen LogP contribution < -0.4 is 9.62 Å². The van der Waals surface area contributed by atoms with Crippen molar-refractivity contribution >= 4 is 33.2 Å². The van der Waals surface area contributed by atoms with Crippen molar-refractivity contribution in [1.29, 1.82) is 0 Å². The maximum Gasteiger partial charge on any atom is 0.264 e. The van der Waals surface area contributed by atoms with E-state index in [0.717, 1.165) is 9.87 Å². The Balaban J connectivity index is 2.51. The molecule has 2 rings (SSSR count). The van der Waals surface area contributed by atoms with Crippen LogP contribution in [0, 0.1) is 6.92 Å². The molecular formula is C16H17ClN2O3S. The van der Waals surface area contributed by atoms with E-state index in [1.54, 1.807) is 30.3 Å². The van der Waals surface area contributed by atoms with E-state index >= 15 is 0 Å². The number of carbonyl (C=O) groups excluding carboxylic acids is 1. The van der Waals surface area contributed by atoms with Gasteiger partial charge in [0.25, 0.3) is 10.0 Å². The molecule has 2 aromatic carbocycles. The molecule has 0 bridgehead atoms. The van der Waals surface area contributed by atoms with Crippen molar-refractivity contribution in [2.24, 2.45) is 0 Å². The Hall–Kier alpha value is -2.05. The summed E-state index contributed by atoms with van der Waals surface area (Å²) >= 11 is 5.95. The summed E-state index contributed by atoms with van der Waals surface area (Å²) in [6.07, 6.45) is 0. The second-order valence-corrected chi connectivity index (χ2v) is 7.28. The monoisotopic (exact) mass is 352 g/mol. The molecule has 0 saturated heterocycles. The third-order valence-corrected chi connectivity index (χ3v) is 5.29. The first-order valence-electron chi connectivity index (χ1n) is 6.90. The van der Waals surface area contributed by atoms with Gasteiger partial charge in [0.1, 0.15) is 6.54 Å². The van der Waals surface area contributed by atoms with Crippen LogP contribution in [0.25, 0.3) is 0 Å². The van der Waals surface area contributed by atoms with Gasteiger partial charge in [-0.1, -0.05) is 35.4 Å². The first kappa shape index (κ1) is 17.3. The van der Waals surface area contributed by atoms with Gasteiger partial charge in [0.15, 0.2) is 0 Å². The second-order valence-electron chi connectivity index (χ2n) is 4.98. The van der Waals surface area contributed by atoms with Crippen LogP contribution in [0.4, 0.5) is 5.69 Å². The number of sulfonamides is 1. The average Bonchev–Trinajstić information content (AvgIpc) is 2.52. The molecule has 0 atom stereocenters. The number of likely N-dealkylation sites (N-methyl/N-ethyl adjacent to an activating group) is 1. The fourth-order valence-corrected chi connectivity index (χ4v) is 3.59. The lowest BCUT2D eigenvalue weighted by molar-refractivity contribution is -0.119. The smallest absolute Gasteiger partial charge is 0.264 e. The summed E-state index contributed by atoms with van der Waals surface area (Å²) in [4.78, 5) is 11.9. The normalized spacial score (nSPS) is 11.1.